The van der Waals surface area contributed by atoms with E-state index >= 15 is 0 Å². The zero-order valence-electron chi connectivity index (χ0n) is 9.77. The van der Waals surface area contributed by atoms with Crippen LogP contribution in [0.25, 0.3) is 0 Å². The molecular weight excluding hydrogens is 289 g/mol. The molecule has 2 aromatic rings. The smallest absolute Gasteiger partial charge is 0.254 e. The van der Waals surface area contributed by atoms with Gasteiger partial charge in [0.25, 0.3) is 5.91 Å². The summed E-state index contributed by atoms with van der Waals surface area (Å²) in [7, 11) is 0. The Morgan fingerprint density at radius 2 is 2.16 bits per heavy atom. The van der Waals surface area contributed by atoms with Crippen LogP contribution in [0.4, 0.5) is 0 Å². The molecule has 1 aromatic carbocycles. The zero-order valence-corrected chi connectivity index (χ0v) is 11.3. The summed E-state index contributed by atoms with van der Waals surface area (Å²) in [5, 5.41) is 13.4. The van der Waals surface area contributed by atoms with Crippen molar-refractivity contribution in [1.82, 2.24) is 5.32 Å². The van der Waals surface area contributed by atoms with Crippen molar-refractivity contribution >= 4 is 29.1 Å². The molecule has 1 atom stereocenters. The highest BCUT2D eigenvalue weighted by Gasteiger charge is 2.14. The number of amides is 1. The predicted octanol–water partition coefficient (Wildman–Crippen LogP) is 3.05. The number of hydrogen-bond acceptors (Lipinski definition) is 3. The van der Waals surface area contributed by atoms with Crippen LogP contribution in [-0.4, -0.2) is 17.6 Å². The lowest BCUT2D eigenvalue weighted by Crippen LogP contribution is -2.28. The number of aliphatic hydroxyl groups excluding tert-OH is 1. The van der Waals surface area contributed by atoms with Crippen LogP contribution in [0.2, 0.25) is 10.0 Å². The predicted molar refractivity (Wildman–Crippen MR) is 72.5 cm³/mol. The maximum atomic E-state index is 11.6. The van der Waals surface area contributed by atoms with Crippen LogP contribution in [0.3, 0.4) is 0 Å². The molecule has 0 aliphatic heterocycles. The molecule has 2 rings (SSSR count). The van der Waals surface area contributed by atoms with Crippen LogP contribution in [0.15, 0.2) is 41.2 Å². The Morgan fingerprint density at radius 3 is 2.79 bits per heavy atom. The van der Waals surface area contributed by atoms with Crippen LogP contribution in [0.5, 0.6) is 0 Å². The third-order valence-corrected chi connectivity index (χ3v) is 3.12. The summed E-state index contributed by atoms with van der Waals surface area (Å²) in [6, 6.07) is 6.33. The van der Waals surface area contributed by atoms with Gasteiger partial charge in [0.1, 0.15) is 6.26 Å². The normalized spacial score (nSPS) is 12.2. The van der Waals surface area contributed by atoms with E-state index in [1.54, 1.807) is 18.2 Å². The molecule has 6 heteroatoms. The van der Waals surface area contributed by atoms with E-state index < -0.39 is 6.10 Å². The van der Waals surface area contributed by atoms with Gasteiger partial charge in [-0.05, 0) is 18.2 Å². The van der Waals surface area contributed by atoms with Gasteiger partial charge >= 0.3 is 0 Å². The van der Waals surface area contributed by atoms with Gasteiger partial charge in [0.2, 0.25) is 0 Å². The third-order valence-electron chi connectivity index (χ3n) is 2.56. The Hall–Kier alpha value is -1.49. The maximum absolute atomic E-state index is 11.6. The highest BCUT2D eigenvalue weighted by Crippen LogP contribution is 2.25. The lowest BCUT2D eigenvalue weighted by molar-refractivity contribution is 0.0915. The van der Waals surface area contributed by atoms with Gasteiger partial charge in [0.15, 0.2) is 0 Å². The van der Waals surface area contributed by atoms with Crippen molar-refractivity contribution in [3.05, 3.63) is 58.0 Å². The maximum Gasteiger partial charge on any atom is 0.254 e. The number of benzene rings is 1. The molecular formula is C13H11Cl2NO3. The summed E-state index contributed by atoms with van der Waals surface area (Å²) in [6.07, 6.45) is 1.83. The fourth-order valence-electron chi connectivity index (χ4n) is 1.57. The van der Waals surface area contributed by atoms with E-state index in [0.717, 1.165) is 0 Å². The first kappa shape index (κ1) is 13.9. The summed E-state index contributed by atoms with van der Waals surface area (Å²) in [6.45, 7) is 0.0470. The molecule has 1 aromatic heterocycles. The molecule has 0 spiro atoms. The number of aliphatic hydroxyl groups is 1. The first-order chi connectivity index (χ1) is 9.08. The Kier molecular flexibility index (Phi) is 4.47. The Balaban J connectivity index is 1.98. The molecule has 19 heavy (non-hydrogen) atoms. The highest BCUT2D eigenvalue weighted by atomic mass is 35.5. The second-order valence-electron chi connectivity index (χ2n) is 3.90. The van der Waals surface area contributed by atoms with E-state index in [-0.39, 0.29) is 12.5 Å². The molecule has 1 unspecified atom stereocenters. The van der Waals surface area contributed by atoms with Gasteiger partial charge in [-0.25, -0.2) is 0 Å². The van der Waals surface area contributed by atoms with Gasteiger partial charge in [0, 0.05) is 22.2 Å². The van der Waals surface area contributed by atoms with Gasteiger partial charge in [-0.15, -0.1) is 0 Å². The minimum absolute atomic E-state index is 0.0470. The zero-order chi connectivity index (χ0) is 13.8. The Bertz CT molecular complexity index is 569. The average molecular weight is 300 g/mol. The van der Waals surface area contributed by atoms with Crippen molar-refractivity contribution in [2.75, 3.05) is 6.54 Å². The van der Waals surface area contributed by atoms with Crippen molar-refractivity contribution in [2.24, 2.45) is 0 Å². The van der Waals surface area contributed by atoms with Crippen molar-refractivity contribution in [1.29, 1.82) is 0 Å². The second kappa shape index (κ2) is 6.10. The minimum Gasteiger partial charge on any atom is -0.472 e. The molecule has 0 aliphatic rings. The van der Waals surface area contributed by atoms with Crippen molar-refractivity contribution < 1.29 is 14.3 Å². The molecule has 0 saturated carbocycles. The summed E-state index contributed by atoms with van der Waals surface area (Å²) in [5.41, 5.74) is 0.910. The van der Waals surface area contributed by atoms with Crippen LogP contribution in [0.1, 0.15) is 22.0 Å². The first-order valence-corrected chi connectivity index (χ1v) is 6.27. The molecule has 2 N–H and O–H groups in total. The standard InChI is InChI=1S/C13H11Cl2NO3/c14-9-1-2-10(11(15)5-9)12(17)6-16-13(18)8-3-4-19-7-8/h1-5,7,12,17H,6H2,(H,16,18). The third kappa shape index (κ3) is 3.50. The van der Waals surface area contributed by atoms with E-state index in [2.05, 4.69) is 5.32 Å². The summed E-state index contributed by atoms with van der Waals surface area (Å²) < 4.78 is 4.80. The molecule has 4 nitrogen and oxygen atoms in total. The van der Waals surface area contributed by atoms with Crippen molar-refractivity contribution in [3.63, 3.8) is 0 Å². The number of rotatable bonds is 4. The number of nitrogens with one attached hydrogen (secondary N) is 1. The van der Waals surface area contributed by atoms with Gasteiger partial charge in [-0.2, -0.15) is 0 Å². The topological polar surface area (TPSA) is 62.5 Å². The van der Waals surface area contributed by atoms with E-state index in [0.29, 0.717) is 21.2 Å². The average Bonchev–Trinajstić information content (AvgIpc) is 2.89. The largest absolute Gasteiger partial charge is 0.472 e. The molecule has 0 saturated heterocycles. The SMILES string of the molecule is O=C(NCC(O)c1ccc(Cl)cc1Cl)c1ccoc1. The van der Waals surface area contributed by atoms with Crippen LogP contribution < -0.4 is 5.32 Å². The van der Waals surface area contributed by atoms with Crippen LogP contribution in [0, 0.1) is 0 Å². The molecule has 0 bridgehead atoms. The number of carbonyl (C=O) groups excluding carboxylic acids is 1. The lowest BCUT2D eigenvalue weighted by Gasteiger charge is -2.13. The number of halogens is 2. The van der Waals surface area contributed by atoms with E-state index in [1.807, 2.05) is 0 Å². The van der Waals surface area contributed by atoms with E-state index in [9.17, 15) is 9.90 Å². The molecule has 0 aliphatic carbocycles. The van der Waals surface area contributed by atoms with Gasteiger partial charge in [-0.3, -0.25) is 4.79 Å². The highest BCUT2D eigenvalue weighted by molar-refractivity contribution is 6.35. The molecule has 1 amide bonds. The fourth-order valence-corrected chi connectivity index (χ4v) is 2.10. The van der Waals surface area contributed by atoms with Gasteiger partial charge in [0.05, 0.1) is 17.9 Å². The quantitative estimate of drug-likeness (QED) is 0.912. The number of hydrogen-bond donors (Lipinski definition) is 2. The molecule has 1 heterocycles. The van der Waals surface area contributed by atoms with Crippen molar-refractivity contribution in [3.8, 4) is 0 Å². The Morgan fingerprint density at radius 1 is 1.37 bits per heavy atom. The fraction of sp³-hybridized carbons (Fsp3) is 0.154. The summed E-state index contributed by atoms with van der Waals surface area (Å²) in [4.78, 5) is 11.6. The Labute approximate surface area is 119 Å². The first-order valence-electron chi connectivity index (χ1n) is 5.51. The van der Waals surface area contributed by atoms with Crippen LogP contribution >= 0.6 is 23.2 Å². The summed E-state index contributed by atoms with van der Waals surface area (Å²) >= 11 is 11.7. The molecule has 100 valence electrons. The summed E-state index contributed by atoms with van der Waals surface area (Å²) in [5.74, 6) is -0.321. The van der Waals surface area contributed by atoms with Gasteiger partial charge in [-0.1, -0.05) is 29.3 Å². The van der Waals surface area contributed by atoms with E-state index in [4.69, 9.17) is 27.6 Å². The number of carbonyl (C=O) groups is 1. The lowest BCUT2D eigenvalue weighted by atomic mass is 10.1. The molecule has 0 radical (unpaired) electrons. The minimum atomic E-state index is -0.902. The van der Waals surface area contributed by atoms with Crippen molar-refractivity contribution in [2.45, 2.75) is 6.10 Å². The number of furan rings is 1. The van der Waals surface area contributed by atoms with Gasteiger partial charge < -0.3 is 14.8 Å². The van der Waals surface area contributed by atoms with E-state index in [1.165, 1.54) is 18.6 Å². The monoisotopic (exact) mass is 299 g/mol. The second-order valence-corrected chi connectivity index (χ2v) is 4.75. The van der Waals surface area contributed by atoms with Crippen LogP contribution in [-0.2, 0) is 0 Å². The molecule has 0 fully saturated rings.